The predicted molar refractivity (Wildman–Crippen MR) is 260 cm³/mol. The van der Waals surface area contributed by atoms with Crippen molar-refractivity contribution >= 4 is 91.5 Å². The zero-order valence-electron chi connectivity index (χ0n) is 32.5. The molecule has 0 spiro atoms. The first-order valence-corrected chi connectivity index (χ1v) is 27.0. The van der Waals surface area contributed by atoms with E-state index in [4.69, 9.17) is 0 Å². The van der Waals surface area contributed by atoms with E-state index in [9.17, 15) is 0 Å². The molecule has 0 aliphatic rings. The first-order valence-electron chi connectivity index (χ1n) is 19.7. The SMILES string of the molecule is CCCCCCn1c(-c2ccc(SC)s2)ccc1-c1ccc(-c2ccc(-c3ccc(-c4ccc(-c5ccc(-c6ccc(SC)s6)n5CCCCCC)s4)s3)s2)s1. The van der Waals surface area contributed by atoms with Crippen LogP contribution in [0.1, 0.15) is 65.2 Å². The molecule has 0 aromatic carbocycles. The van der Waals surface area contributed by atoms with Crippen LogP contribution in [0.25, 0.3) is 71.5 Å². The van der Waals surface area contributed by atoms with Crippen LogP contribution in [0.3, 0.4) is 0 Å². The van der Waals surface area contributed by atoms with Crippen LogP contribution in [-0.4, -0.2) is 21.6 Å². The van der Waals surface area contributed by atoms with Gasteiger partial charge in [0.05, 0.1) is 50.7 Å². The average molecular weight is 885 g/mol. The summed E-state index contributed by atoms with van der Waals surface area (Å²) in [6.45, 7) is 6.71. The van der Waals surface area contributed by atoms with Crippen molar-refractivity contribution in [3.63, 3.8) is 0 Å². The number of aromatic nitrogens is 2. The summed E-state index contributed by atoms with van der Waals surface area (Å²) in [5.41, 5.74) is 5.40. The van der Waals surface area contributed by atoms with E-state index in [0.717, 1.165) is 13.1 Å². The minimum absolute atomic E-state index is 1.06. The molecule has 0 atom stereocenters. The molecule has 0 aliphatic heterocycles. The molecule has 0 aliphatic carbocycles. The van der Waals surface area contributed by atoms with Gasteiger partial charge >= 0.3 is 0 Å². The number of thioether (sulfide) groups is 2. The van der Waals surface area contributed by atoms with Gasteiger partial charge in [0.1, 0.15) is 0 Å². The normalized spacial score (nSPS) is 11.7. The first kappa shape index (κ1) is 40.2. The Balaban J connectivity index is 1.00. The number of rotatable bonds is 19. The fourth-order valence-electron chi connectivity index (χ4n) is 7.23. The lowest BCUT2D eigenvalue weighted by Gasteiger charge is -2.12. The Hall–Kier alpha value is -2.54. The topological polar surface area (TPSA) is 9.86 Å². The fourth-order valence-corrected chi connectivity index (χ4v) is 14.7. The molecule has 0 N–H and O–H groups in total. The summed E-state index contributed by atoms with van der Waals surface area (Å²) in [5, 5.41) is 0. The summed E-state index contributed by atoms with van der Waals surface area (Å²) in [4.78, 5) is 13.5. The molecular formula is C46H48N2S8. The smallest absolute Gasteiger partial charge is 0.0603 e. The zero-order valence-corrected chi connectivity index (χ0v) is 39.0. The Morgan fingerprint density at radius 2 is 0.625 bits per heavy atom. The zero-order chi connectivity index (χ0) is 38.4. The van der Waals surface area contributed by atoms with Gasteiger partial charge in [-0.1, -0.05) is 52.4 Å². The molecule has 0 radical (unpaired) electrons. The molecule has 56 heavy (non-hydrogen) atoms. The monoisotopic (exact) mass is 884 g/mol. The maximum atomic E-state index is 2.58. The first-order chi connectivity index (χ1) is 27.6. The second-order valence-corrected chi connectivity index (χ2v) is 22.6. The van der Waals surface area contributed by atoms with Gasteiger partial charge in [-0.05, 0) is 122 Å². The quantitative estimate of drug-likeness (QED) is 0.0591. The van der Waals surface area contributed by atoms with Crippen molar-refractivity contribution in [2.45, 2.75) is 86.7 Å². The third-order valence-electron chi connectivity index (χ3n) is 10.2. The maximum Gasteiger partial charge on any atom is 0.0603 e. The molecule has 8 rings (SSSR count). The number of thiophene rings is 6. The average Bonchev–Trinajstić information content (AvgIpc) is 4.07. The van der Waals surface area contributed by atoms with Crippen molar-refractivity contribution in [2.24, 2.45) is 0 Å². The molecular weight excluding hydrogens is 837 g/mol. The Morgan fingerprint density at radius 3 is 0.929 bits per heavy atom. The Morgan fingerprint density at radius 1 is 0.339 bits per heavy atom. The van der Waals surface area contributed by atoms with E-state index in [0.29, 0.717) is 0 Å². The van der Waals surface area contributed by atoms with Crippen LogP contribution in [0.5, 0.6) is 0 Å². The summed E-state index contributed by atoms with van der Waals surface area (Å²) in [6.07, 6.45) is 14.5. The molecule has 8 aromatic rings. The van der Waals surface area contributed by atoms with Crippen LogP contribution in [0.2, 0.25) is 0 Å². The highest BCUT2D eigenvalue weighted by molar-refractivity contribution is 8.00. The van der Waals surface area contributed by atoms with E-state index in [-0.39, 0.29) is 0 Å². The number of unbranched alkanes of at least 4 members (excludes halogenated alkanes) is 6. The Labute approximate surface area is 365 Å². The molecule has 2 nitrogen and oxygen atoms in total. The van der Waals surface area contributed by atoms with Gasteiger partial charge in [-0.15, -0.1) is 91.5 Å². The molecule has 0 bridgehead atoms. The number of hydrogen-bond donors (Lipinski definition) is 0. The molecule has 8 aromatic heterocycles. The van der Waals surface area contributed by atoms with Crippen LogP contribution < -0.4 is 0 Å². The van der Waals surface area contributed by atoms with Gasteiger partial charge in [0.15, 0.2) is 0 Å². The van der Waals surface area contributed by atoms with Gasteiger partial charge in [-0.2, -0.15) is 0 Å². The van der Waals surface area contributed by atoms with Gasteiger partial charge in [0.2, 0.25) is 0 Å². The molecule has 290 valence electrons. The van der Waals surface area contributed by atoms with E-state index in [1.807, 2.05) is 91.5 Å². The third kappa shape index (κ3) is 8.88. The Kier molecular flexibility index (Phi) is 13.7. The van der Waals surface area contributed by atoms with Crippen molar-refractivity contribution in [3.8, 4) is 71.5 Å². The van der Waals surface area contributed by atoms with Gasteiger partial charge in [-0.3, -0.25) is 0 Å². The molecule has 0 saturated carbocycles. The minimum atomic E-state index is 1.06. The standard InChI is InChI=1S/C46H48N2S8/c1-5-7-9-11-29-47-31(13-15-33(47)37-25-27-45(49-3)55-37)35-17-19-39(51-35)41-21-23-43(53-41)44-24-22-42(54-44)40-20-18-36(52-40)32-14-16-34(38-26-28-46(50-4)56-38)48(32)30-12-10-8-6-2/h13-28H,5-12,29-30H2,1-4H3. The van der Waals surface area contributed by atoms with Crippen molar-refractivity contribution in [3.05, 3.63) is 97.1 Å². The number of nitrogens with zero attached hydrogens (tertiary/aromatic N) is 2. The van der Waals surface area contributed by atoms with E-state index < -0.39 is 0 Å². The predicted octanol–water partition coefficient (Wildman–Crippen LogP) is 17.9. The molecule has 10 heteroatoms. The molecule has 0 amide bonds. The molecule has 0 unspecified atom stereocenters. The summed E-state index contributed by atoms with van der Waals surface area (Å²) in [7, 11) is 0. The number of hydrogen-bond acceptors (Lipinski definition) is 8. The fraction of sp³-hybridized carbons (Fsp3) is 0.304. The maximum absolute atomic E-state index is 2.58. The summed E-state index contributed by atoms with van der Waals surface area (Å²) in [5.74, 6) is 0. The third-order valence-corrected chi connectivity index (χ3v) is 19.5. The van der Waals surface area contributed by atoms with E-state index in [1.54, 1.807) is 0 Å². The van der Waals surface area contributed by atoms with Crippen LogP contribution in [0.4, 0.5) is 0 Å². The lowest BCUT2D eigenvalue weighted by molar-refractivity contribution is 0.591. The van der Waals surface area contributed by atoms with Crippen molar-refractivity contribution < 1.29 is 0 Å². The second-order valence-electron chi connectivity index (χ2n) is 13.9. The van der Waals surface area contributed by atoms with Gasteiger partial charge in [0.25, 0.3) is 0 Å². The minimum Gasteiger partial charge on any atom is -0.339 e. The Bertz CT molecular complexity index is 2300. The van der Waals surface area contributed by atoms with Crippen molar-refractivity contribution in [1.29, 1.82) is 0 Å². The van der Waals surface area contributed by atoms with E-state index in [2.05, 4.69) is 133 Å². The molecule has 0 fully saturated rings. The van der Waals surface area contributed by atoms with E-state index >= 15 is 0 Å². The van der Waals surface area contributed by atoms with Gasteiger partial charge in [0, 0.05) is 42.4 Å². The summed E-state index contributed by atoms with van der Waals surface area (Å²) >= 11 is 15.2. The second kappa shape index (κ2) is 19.0. The van der Waals surface area contributed by atoms with Crippen molar-refractivity contribution in [2.75, 3.05) is 12.5 Å². The van der Waals surface area contributed by atoms with Crippen LogP contribution in [0.15, 0.2) is 105 Å². The highest BCUT2D eigenvalue weighted by atomic mass is 32.2. The van der Waals surface area contributed by atoms with Gasteiger partial charge < -0.3 is 9.13 Å². The summed E-state index contributed by atoms with van der Waals surface area (Å²) < 4.78 is 7.91. The highest BCUT2D eigenvalue weighted by Crippen LogP contribution is 2.46. The highest BCUT2D eigenvalue weighted by Gasteiger charge is 2.19. The summed E-state index contributed by atoms with van der Waals surface area (Å²) in [6, 6.07) is 37.2. The molecule has 8 heterocycles. The lowest BCUT2D eigenvalue weighted by Crippen LogP contribution is -2.01. The van der Waals surface area contributed by atoms with Crippen molar-refractivity contribution in [1.82, 2.24) is 9.13 Å². The molecule has 0 saturated heterocycles. The van der Waals surface area contributed by atoms with Gasteiger partial charge in [-0.25, -0.2) is 0 Å². The lowest BCUT2D eigenvalue weighted by atomic mass is 10.2. The van der Waals surface area contributed by atoms with Crippen LogP contribution in [-0.2, 0) is 13.1 Å². The largest absolute Gasteiger partial charge is 0.339 e. The van der Waals surface area contributed by atoms with E-state index in [1.165, 1.54) is 131 Å². The van der Waals surface area contributed by atoms with Crippen LogP contribution in [0, 0.1) is 0 Å². The van der Waals surface area contributed by atoms with Crippen LogP contribution >= 0.6 is 91.5 Å².